The molecule has 2 heterocycles. The minimum Gasteiger partial charge on any atom is -0.457 e. The van der Waals surface area contributed by atoms with Crippen molar-refractivity contribution in [3.8, 4) is 10.4 Å². The van der Waals surface area contributed by atoms with Crippen molar-refractivity contribution in [2.45, 2.75) is 70.6 Å². The molecule has 10 heteroatoms. The van der Waals surface area contributed by atoms with Crippen LogP contribution in [-0.2, 0) is 46.4 Å². The lowest BCUT2D eigenvalue weighted by atomic mass is 9.92. The first kappa shape index (κ1) is 30.8. The van der Waals surface area contributed by atoms with E-state index >= 15 is 0 Å². The lowest BCUT2D eigenvalue weighted by Crippen LogP contribution is -2.57. The maximum atomic E-state index is 12.1. The van der Waals surface area contributed by atoms with Crippen molar-refractivity contribution < 1.29 is 38.4 Å². The second kappa shape index (κ2) is 13.7. The van der Waals surface area contributed by atoms with Gasteiger partial charge in [0.25, 0.3) is 0 Å². The minimum absolute atomic E-state index is 0.0152. The highest BCUT2D eigenvalue weighted by Crippen LogP contribution is 2.42. The van der Waals surface area contributed by atoms with Gasteiger partial charge in [-0.15, -0.1) is 11.3 Å². The molecular formula is C31H34O8S2. The number of aryl methyl sites for hydroxylation is 1. The molecule has 0 amide bonds. The zero-order valence-electron chi connectivity index (χ0n) is 23.6. The Kier molecular flexibility index (Phi) is 10.2. The van der Waals surface area contributed by atoms with E-state index in [0.29, 0.717) is 6.42 Å². The number of carbonyl (C=O) groups is 3. The highest BCUT2D eigenvalue weighted by molar-refractivity contribution is 7.99. The van der Waals surface area contributed by atoms with Crippen LogP contribution in [0.15, 0.2) is 54.6 Å². The zero-order chi connectivity index (χ0) is 29.7. The number of benzene rings is 2. The number of thiophene rings is 1. The first-order valence-electron chi connectivity index (χ1n) is 13.2. The summed E-state index contributed by atoms with van der Waals surface area (Å²) in [6.07, 6.45) is -1.33. The highest BCUT2D eigenvalue weighted by Gasteiger charge is 2.51. The van der Waals surface area contributed by atoms with Crippen LogP contribution in [-0.4, -0.2) is 53.0 Å². The van der Waals surface area contributed by atoms with Crippen molar-refractivity contribution in [3.05, 3.63) is 81.7 Å². The lowest BCUT2D eigenvalue weighted by Gasteiger charge is -2.44. The van der Waals surface area contributed by atoms with Gasteiger partial charge in [-0.3, -0.25) is 14.4 Å². The van der Waals surface area contributed by atoms with Crippen LogP contribution in [0.5, 0.6) is 0 Å². The Bertz CT molecular complexity index is 1380. The summed E-state index contributed by atoms with van der Waals surface area (Å²) >= 11 is 3.13. The van der Waals surface area contributed by atoms with Crippen LogP contribution in [0.2, 0.25) is 0 Å². The fourth-order valence-electron chi connectivity index (χ4n) is 4.89. The molecule has 0 radical (unpaired) electrons. The average Bonchev–Trinajstić information content (AvgIpc) is 3.39. The van der Waals surface area contributed by atoms with Crippen LogP contribution in [0, 0.1) is 6.92 Å². The molecule has 1 aliphatic heterocycles. The maximum Gasteiger partial charge on any atom is 0.305 e. The van der Waals surface area contributed by atoms with Crippen LogP contribution in [0.4, 0.5) is 0 Å². The number of rotatable bonds is 9. The molecule has 1 saturated heterocycles. The van der Waals surface area contributed by atoms with Gasteiger partial charge in [0, 0.05) is 36.9 Å². The van der Waals surface area contributed by atoms with E-state index in [1.807, 2.05) is 42.7 Å². The van der Waals surface area contributed by atoms with E-state index in [9.17, 15) is 19.5 Å². The largest absolute Gasteiger partial charge is 0.457 e. The third-order valence-corrected chi connectivity index (χ3v) is 9.00. The summed E-state index contributed by atoms with van der Waals surface area (Å²) < 4.78 is 22.8. The molecule has 1 aliphatic rings. The Morgan fingerprint density at radius 2 is 1.56 bits per heavy atom. The fourth-order valence-corrected chi connectivity index (χ4v) is 6.87. The number of hydrogen-bond donors (Lipinski definition) is 1. The summed E-state index contributed by atoms with van der Waals surface area (Å²) in [6.45, 7) is 5.83. The van der Waals surface area contributed by atoms with E-state index in [0.717, 1.165) is 32.7 Å². The summed E-state index contributed by atoms with van der Waals surface area (Å²) in [5, 5.41) is 8.88. The van der Waals surface area contributed by atoms with Gasteiger partial charge in [0.2, 0.25) is 12.4 Å². The van der Waals surface area contributed by atoms with Gasteiger partial charge in [-0.05, 0) is 53.1 Å². The Morgan fingerprint density at radius 1 is 0.902 bits per heavy atom. The monoisotopic (exact) mass is 598 g/mol. The smallest absolute Gasteiger partial charge is 0.305 e. The van der Waals surface area contributed by atoms with Gasteiger partial charge in [-0.1, -0.05) is 42.5 Å². The SMILES string of the molecule is CSC1C(c2ccc(C)c(Cc3ccc(-c4ccc(CO)cc4)s3)c2)OC(OC(C)=O)C(OC(C)=O)C1OC(C)=O. The summed E-state index contributed by atoms with van der Waals surface area (Å²) in [6, 6.07) is 18.1. The van der Waals surface area contributed by atoms with E-state index in [1.165, 1.54) is 37.4 Å². The van der Waals surface area contributed by atoms with Crippen LogP contribution in [0.1, 0.15) is 54.0 Å². The van der Waals surface area contributed by atoms with E-state index in [4.69, 9.17) is 18.9 Å². The molecule has 0 bridgehead atoms. The van der Waals surface area contributed by atoms with Crippen molar-refractivity contribution in [3.63, 3.8) is 0 Å². The molecule has 5 unspecified atom stereocenters. The third-order valence-electron chi connectivity index (χ3n) is 6.80. The summed E-state index contributed by atoms with van der Waals surface area (Å²) in [5.74, 6) is -1.76. The molecule has 0 aliphatic carbocycles. The lowest BCUT2D eigenvalue weighted by molar-refractivity contribution is -0.266. The van der Waals surface area contributed by atoms with Crippen LogP contribution >= 0.6 is 23.1 Å². The van der Waals surface area contributed by atoms with Gasteiger partial charge >= 0.3 is 17.9 Å². The van der Waals surface area contributed by atoms with Crippen LogP contribution in [0.25, 0.3) is 10.4 Å². The predicted molar refractivity (Wildman–Crippen MR) is 157 cm³/mol. The van der Waals surface area contributed by atoms with Crippen molar-refractivity contribution >= 4 is 41.0 Å². The van der Waals surface area contributed by atoms with Gasteiger partial charge in [0.1, 0.15) is 6.10 Å². The molecule has 41 heavy (non-hydrogen) atoms. The van der Waals surface area contributed by atoms with Gasteiger partial charge in [-0.25, -0.2) is 0 Å². The number of ether oxygens (including phenoxy) is 4. The number of aliphatic hydroxyl groups excluding tert-OH is 1. The summed E-state index contributed by atoms with van der Waals surface area (Å²) in [5.41, 5.74) is 5.01. The molecule has 5 atom stereocenters. The maximum absolute atomic E-state index is 12.1. The van der Waals surface area contributed by atoms with Crippen LogP contribution < -0.4 is 0 Å². The minimum atomic E-state index is -1.25. The topological polar surface area (TPSA) is 108 Å². The normalized spacial score (nSPS) is 22.1. The predicted octanol–water partition coefficient (Wildman–Crippen LogP) is 5.36. The Balaban J connectivity index is 1.64. The second-order valence-corrected chi connectivity index (χ2v) is 12.1. The summed E-state index contributed by atoms with van der Waals surface area (Å²) in [7, 11) is 0. The molecular weight excluding hydrogens is 564 g/mol. The van der Waals surface area contributed by atoms with Gasteiger partial charge in [0.15, 0.2) is 6.10 Å². The zero-order valence-corrected chi connectivity index (χ0v) is 25.3. The molecule has 3 aromatic rings. The molecule has 218 valence electrons. The molecule has 0 spiro atoms. The molecule has 0 saturated carbocycles. The van der Waals surface area contributed by atoms with E-state index in [2.05, 4.69) is 25.1 Å². The molecule has 1 fully saturated rings. The van der Waals surface area contributed by atoms with Crippen molar-refractivity contribution in [2.24, 2.45) is 0 Å². The first-order chi connectivity index (χ1) is 19.6. The standard InChI is InChI=1S/C31H34O8S2/c1-17-6-9-23(14-24(17)15-25-12-13-26(41-25)22-10-7-21(16-32)8-11-22)27-30(40-5)28(36-18(2)33)29(37-19(3)34)31(39-27)38-20(4)35/h6-14,27-32H,15-16H2,1-5H3. The van der Waals surface area contributed by atoms with Gasteiger partial charge in [-0.2, -0.15) is 11.8 Å². The third kappa shape index (κ3) is 7.56. The molecule has 2 aromatic carbocycles. The van der Waals surface area contributed by atoms with Crippen molar-refractivity contribution in [1.29, 1.82) is 0 Å². The second-order valence-electron chi connectivity index (χ2n) is 9.87. The molecule has 4 rings (SSSR count). The number of carbonyl (C=O) groups excluding carboxylic acids is 3. The molecule has 1 N–H and O–H groups in total. The van der Waals surface area contributed by atoms with Gasteiger partial charge in [0.05, 0.1) is 11.9 Å². The Morgan fingerprint density at radius 3 is 2.17 bits per heavy atom. The number of aliphatic hydroxyl groups is 1. The van der Waals surface area contributed by atoms with Crippen molar-refractivity contribution in [2.75, 3.05) is 6.26 Å². The Labute approximate surface area is 248 Å². The van der Waals surface area contributed by atoms with Gasteiger partial charge < -0.3 is 24.1 Å². The fraction of sp³-hybridized carbons (Fsp3) is 0.387. The highest BCUT2D eigenvalue weighted by atomic mass is 32.2. The average molecular weight is 599 g/mol. The number of hydrogen-bond acceptors (Lipinski definition) is 10. The molecule has 8 nitrogen and oxygen atoms in total. The number of esters is 3. The van der Waals surface area contributed by atoms with Crippen molar-refractivity contribution in [1.82, 2.24) is 0 Å². The first-order valence-corrected chi connectivity index (χ1v) is 15.3. The number of thioether (sulfide) groups is 1. The Hall–Kier alpha value is -3.18. The quantitative estimate of drug-likeness (QED) is 0.257. The van der Waals surface area contributed by atoms with Crippen LogP contribution in [0.3, 0.4) is 0 Å². The van der Waals surface area contributed by atoms with E-state index in [1.54, 1.807) is 11.3 Å². The van der Waals surface area contributed by atoms with E-state index < -0.39 is 47.8 Å². The van der Waals surface area contributed by atoms with E-state index in [-0.39, 0.29) is 6.61 Å². The molecule has 1 aromatic heterocycles. The summed E-state index contributed by atoms with van der Waals surface area (Å²) in [4.78, 5) is 38.3.